The second-order valence-corrected chi connectivity index (χ2v) is 3.44. The molecule has 0 saturated heterocycles. The molecule has 0 amide bonds. The number of para-hydroxylation sites is 1. The Kier molecular flexibility index (Phi) is 2.57. The van der Waals surface area contributed by atoms with E-state index in [2.05, 4.69) is 9.97 Å². The molecule has 0 unspecified atom stereocenters. The Morgan fingerprint density at radius 2 is 1.94 bits per heavy atom. The first-order valence-electron chi connectivity index (χ1n) is 4.67. The zero-order chi connectivity index (χ0) is 13.5. The summed E-state index contributed by atoms with van der Waals surface area (Å²) in [5.74, 6) is -1.98. The quantitative estimate of drug-likeness (QED) is 0.814. The lowest BCUT2D eigenvalue weighted by molar-refractivity contribution is -0.136. The number of fused-ring (bicyclic) bond motifs is 1. The number of rotatable bonds is 1. The highest BCUT2D eigenvalue weighted by molar-refractivity contribution is 6.01. The molecule has 0 aliphatic carbocycles. The third-order valence-electron chi connectivity index (χ3n) is 2.25. The number of alkyl halides is 3. The number of hydrogen-bond donors (Lipinski definition) is 2. The highest BCUT2D eigenvalue weighted by atomic mass is 19.4. The number of hydrogen-bond acceptors (Lipinski definition) is 4. The lowest BCUT2D eigenvalue weighted by Crippen LogP contribution is -2.11. The molecule has 0 aliphatic heterocycles. The highest BCUT2D eigenvalue weighted by Gasteiger charge is 2.34. The van der Waals surface area contributed by atoms with Gasteiger partial charge >= 0.3 is 12.1 Å². The van der Waals surface area contributed by atoms with Crippen LogP contribution in [0.5, 0.6) is 0 Å². The van der Waals surface area contributed by atoms with Gasteiger partial charge in [-0.1, -0.05) is 12.1 Å². The van der Waals surface area contributed by atoms with E-state index in [4.69, 9.17) is 10.8 Å². The standard InChI is InChI=1S/C10H6F3N3O2/c11-10(12,13)5-3-1-2-4-6(5)15-9(14)16-7(4)8(17)18/h1-3H,(H,17,18)(H2,14,15,16). The van der Waals surface area contributed by atoms with Gasteiger partial charge in [0.25, 0.3) is 0 Å². The number of halogens is 3. The van der Waals surface area contributed by atoms with Crippen LogP contribution >= 0.6 is 0 Å². The molecule has 0 aliphatic rings. The first-order valence-corrected chi connectivity index (χ1v) is 4.67. The van der Waals surface area contributed by atoms with Crippen molar-refractivity contribution in [1.29, 1.82) is 0 Å². The van der Waals surface area contributed by atoms with Crippen molar-refractivity contribution in [2.45, 2.75) is 6.18 Å². The molecular formula is C10H6F3N3O2. The monoisotopic (exact) mass is 257 g/mol. The molecule has 0 bridgehead atoms. The van der Waals surface area contributed by atoms with Gasteiger partial charge in [-0.05, 0) is 6.07 Å². The highest BCUT2D eigenvalue weighted by Crippen LogP contribution is 2.34. The summed E-state index contributed by atoms with van der Waals surface area (Å²) in [7, 11) is 0. The Bertz CT molecular complexity index is 640. The van der Waals surface area contributed by atoms with Gasteiger partial charge in [0.15, 0.2) is 5.69 Å². The molecule has 0 atom stereocenters. The largest absolute Gasteiger partial charge is 0.476 e. The van der Waals surface area contributed by atoms with Crippen LogP contribution in [-0.2, 0) is 6.18 Å². The molecule has 1 aromatic heterocycles. The lowest BCUT2D eigenvalue weighted by Gasteiger charge is -2.10. The summed E-state index contributed by atoms with van der Waals surface area (Å²) in [4.78, 5) is 17.8. The van der Waals surface area contributed by atoms with Crippen molar-refractivity contribution in [2.24, 2.45) is 0 Å². The number of aromatic nitrogens is 2. The number of nitrogens with two attached hydrogens (primary N) is 1. The van der Waals surface area contributed by atoms with Crippen molar-refractivity contribution in [2.75, 3.05) is 5.73 Å². The SMILES string of the molecule is Nc1nc(C(=O)O)c2cccc(C(F)(F)F)c2n1. The van der Waals surface area contributed by atoms with E-state index < -0.39 is 34.9 Å². The number of nitrogens with zero attached hydrogens (tertiary/aromatic N) is 2. The number of aromatic carboxylic acids is 1. The molecule has 1 aromatic carbocycles. The van der Waals surface area contributed by atoms with Crippen LogP contribution in [0.2, 0.25) is 0 Å². The number of anilines is 1. The molecule has 94 valence electrons. The summed E-state index contributed by atoms with van der Waals surface area (Å²) >= 11 is 0. The lowest BCUT2D eigenvalue weighted by atomic mass is 10.1. The van der Waals surface area contributed by atoms with E-state index in [1.807, 2.05) is 0 Å². The van der Waals surface area contributed by atoms with Crippen LogP contribution in [0.25, 0.3) is 10.9 Å². The maximum absolute atomic E-state index is 12.7. The van der Waals surface area contributed by atoms with Crippen molar-refractivity contribution >= 4 is 22.8 Å². The van der Waals surface area contributed by atoms with E-state index in [9.17, 15) is 18.0 Å². The molecule has 18 heavy (non-hydrogen) atoms. The topological polar surface area (TPSA) is 89.1 Å². The maximum Gasteiger partial charge on any atom is 0.418 e. The molecular weight excluding hydrogens is 251 g/mol. The fourth-order valence-corrected chi connectivity index (χ4v) is 1.56. The summed E-state index contributed by atoms with van der Waals surface area (Å²) in [6.07, 6.45) is -4.64. The minimum atomic E-state index is -4.64. The Morgan fingerprint density at radius 1 is 1.28 bits per heavy atom. The molecule has 0 saturated carbocycles. The van der Waals surface area contributed by atoms with Gasteiger partial charge in [-0.2, -0.15) is 13.2 Å². The molecule has 0 spiro atoms. The first-order chi connectivity index (χ1) is 8.30. The zero-order valence-electron chi connectivity index (χ0n) is 8.69. The summed E-state index contributed by atoms with van der Waals surface area (Å²) in [6, 6.07) is 3.10. The van der Waals surface area contributed by atoms with E-state index in [1.54, 1.807) is 0 Å². The van der Waals surface area contributed by atoms with Crippen molar-refractivity contribution in [1.82, 2.24) is 9.97 Å². The van der Waals surface area contributed by atoms with E-state index in [1.165, 1.54) is 6.07 Å². The van der Waals surface area contributed by atoms with Crippen LogP contribution in [-0.4, -0.2) is 21.0 Å². The average molecular weight is 257 g/mol. The van der Waals surface area contributed by atoms with E-state index >= 15 is 0 Å². The number of benzene rings is 1. The number of nitrogen functional groups attached to an aromatic ring is 1. The van der Waals surface area contributed by atoms with E-state index in [0.717, 1.165) is 12.1 Å². The van der Waals surface area contributed by atoms with Crippen molar-refractivity contribution in [3.8, 4) is 0 Å². The summed E-state index contributed by atoms with van der Waals surface area (Å²) < 4.78 is 38.2. The van der Waals surface area contributed by atoms with Gasteiger partial charge in [-0.15, -0.1) is 0 Å². The molecule has 0 radical (unpaired) electrons. The van der Waals surface area contributed by atoms with Crippen LogP contribution in [0.4, 0.5) is 19.1 Å². The smallest absolute Gasteiger partial charge is 0.418 e. The number of carboxylic acids is 1. The molecule has 2 aromatic rings. The molecule has 0 fully saturated rings. The van der Waals surface area contributed by atoms with Crippen LogP contribution in [0.3, 0.4) is 0 Å². The Labute approximate surface area is 98.1 Å². The van der Waals surface area contributed by atoms with Crippen molar-refractivity contribution < 1.29 is 23.1 Å². The Morgan fingerprint density at radius 3 is 2.50 bits per heavy atom. The van der Waals surface area contributed by atoms with Crippen molar-refractivity contribution in [3.05, 3.63) is 29.5 Å². The molecule has 8 heteroatoms. The Balaban J connectivity index is 2.90. The fraction of sp³-hybridized carbons (Fsp3) is 0.100. The molecule has 2 rings (SSSR count). The van der Waals surface area contributed by atoms with Gasteiger partial charge in [0.1, 0.15) is 0 Å². The van der Waals surface area contributed by atoms with Crippen LogP contribution < -0.4 is 5.73 Å². The maximum atomic E-state index is 12.7. The van der Waals surface area contributed by atoms with Gasteiger partial charge in [-0.3, -0.25) is 0 Å². The normalized spacial score (nSPS) is 11.7. The third kappa shape index (κ3) is 1.92. The summed E-state index contributed by atoms with van der Waals surface area (Å²) in [6.45, 7) is 0. The minimum absolute atomic E-state index is 0.202. The fourth-order valence-electron chi connectivity index (χ4n) is 1.56. The third-order valence-corrected chi connectivity index (χ3v) is 2.25. The number of carbonyl (C=O) groups is 1. The predicted molar refractivity (Wildman–Crippen MR) is 55.9 cm³/mol. The summed E-state index contributed by atoms with van der Waals surface area (Å²) in [5, 5.41) is 8.67. The molecule has 5 nitrogen and oxygen atoms in total. The van der Waals surface area contributed by atoms with Gasteiger partial charge in [0, 0.05) is 5.39 Å². The molecule has 3 N–H and O–H groups in total. The van der Waals surface area contributed by atoms with Gasteiger partial charge in [-0.25, -0.2) is 14.8 Å². The van der Waals surface area contributed by atoms with Crippen molar-refractivity contribution in [3.63, 3.8) is 0 Å². The average Bonchev–Trinajstić information content (AvgIpc) is 2.25. The number of carboxylic acid groups (broad SMARTS) is 1. The Hall–Kier alpha value is -2.38. The summed E-state index contributed by atoms with van der Waals surface area (Å²) in [5.41, 5.74) is 3.11. The van der Waals surface area contributed by atoms with E-state index in [0.29, 0.717) is 0 Å². The van der Waals surface area contributed by atoms with Crippen LogP contribution in [0.1, 0.15) is 16.1 Å². The van der Waals surface area contributed by atoms with Crippen LogP contribution in [0.15, 0.2) is 18.2 Å². The van der Waals surface area contributed by atoms with Gasteiger partial charge < -0.3 is 10.8 Å². The first kappa shape index (κ1) is 12.1. The second-order valence-electron chi connectivity index (χ2n) is 3.44. The van der Waals surface area contributed by atoms with Crippen LogP contribution in [0, 0.1) is 0 Å². The van der Waals surface area contributed by atoms with Gasteiger partial charge in [0.2, 0.25) is 5.95 Å². The zero-order valence-corrected chi connectivity index (χ0v) is 8.69. The predicted octanol–water partition coefficient (Wildman–Crippen LogP) is 1.93. The van der Waals surface area contributed by atoms with E-state index in [-0.39, 0.29) is 5.39 Å². The molecule has 1 heterocycles. The minimum Gasteiger partial charge on any atom is -0.476 e. The second kappa shape index (κ2) is 3.83. The van der Waals surface area contributed by atoms with Gasteiger partial charge in [0.05, 0.1) is 11.1 Å².